The first-order valence-electron chi connectivity index (χ1n) is 3.80. The molecule has 0 aromatic heterocycles. The minimum atomic E-state index is -0.498. The number of aliphatic hydroxyl groups is 1. The maximum absolute atomic E-state index is 10.6. The monoisotopic (exact) mass is 180 g/mol. The highest BCUT2D eigenvalue weighted by molar-refractivity contribution is 6.09. The fourth-order valence-corrected chi connectivity index (χ4v) is 1.10. The van der Waals surface area contributed by atoms with Crippen molar-refractivity contribution in [3.63, 3.8) is 0 Å². The van der Waals surface area contributed by atoms with Gasteiger partial charge in [-0.25, -0.2) is 0 Å². The summed E-state index contributed by atoms with van der Waals surface area (Å²) in [7, 11) is 0. The maximum Gasteiger partial charge on any atom is 0.233 e. The fourth-order valence-electron chi connectivity index (χ4n) is 1.10. The van der Waals surface area contributed by atoms with Crippen LogP contribution in [0.4, 0.5) is 0 Å². The van der Waals surface area contributed by atoms with Crippen LogP contribution < -0.4 is 0 Å². The largest absolute Gasteiger partial charge is 0.612 e. The molecule has 0 saturated carbocycles. The van der Waals surface area contributed by atoms with Gasteiger partial charge in [-0.15, -0.1) is 0 Å². The van der Waals surface area contributed by atoms with Gasteiger partial charge in [0.2, 0.25) is 5.71 Å². The number of allylic oxidation sites excluding steroid dienone is 6. The Morgan fingerprint density at radius 2 is 2.00 bits per heavy atom. The highest BCUT2D eigenvalue weighted by Gasteiger charge is 2.15. The molecule has 1 aliphatic rings. The third-order valence-electron chi connectivity index (χ3n) is 1.74. The molecule has 0 atom stereocenters. The number of hydrogen-bond donors (Lipinski definition) is 1. The van der Waals surface area contributed by atoms with E-state index in [1.54, 1.807) is 19.1 Å². The highest BCUT2D eigenvalue weighted by Crippen LogP contribution is 2.15. The molecule has 1 aliphatic carbocycles. The number of rotatable bonds is 0. The lowest BCUT2D eigenvalue weighted by Gasteiger charge is -2.13. The molecule has 70 valence electrons. The molecule has 0 saturated heterocycles. The van der Waals surface area contributed by atoms with Crippen molar-refractivity contribution >= 4 is 5.71 Å². The second kappa shape index (κ2) is 3.35. The van der Waals surface area contributed by atoms with Crippen LogP contribution in [0.5, 0.6) is 0 Å². The van der Waals surface area contributed by atoms with Crippen molar-refractivity contribution in [3.8, 4) is 0 Å². The Balaban J connectivity index is 3.27. The summed E-state index contributed by atoms with van der Waals surface area (Å²) < 4.78 is 0. The fraction of sp³-hybridized carbons (Fsp3) is 0.222. The van der Waals surface area contributed by atoms with Crippen LogP contribution >= 0.6 is 0 Å². The van der Waals surface area contributed by atoms with Gasteiger partial charge in [0, 0.05) is 6.08 Å². The first-order chi connectivity index (χ1) is 6.02. The molecule has 0 aromatic carbocycles. The quantitative estimate of drug-likeness (QED) is 0.351. The Labute approximate surface area is 76.0 Å². The zero-order valence-electron chi connectivity index (χ0n) is 7.44. The summed E-state index contributed by atoms with van der Waals surface area (Å²) in [5.41, 5.74) is 1.02. The minimum absolute atomic E-state index is 0.0355. The molecule has 13 heavy (non-hydrogen) atoms. The number of nitrogens with zero attached hydrogens (tertiary/aromatic N) is 1. The van der Waals surface area contributed by atoms with Crippen molar-refractivity contribution < 1.29 is 10.0 Å². The summed E-state index contributed by atoms with van der Waals surface area (Å²) in [6, 6.07) is 0. The molecular weight excluding hydrogens is 170 g/mol. The van der Waals surface area contributed by atoms with E-state index in [9.17, 15) is 10.4 Å². The molecule has 4 nitrogen and oxygen atoms in total. The van der Waals surface area contributed by atoms with Gasteiger partial charge < -0.3 is 15.5 Å². The van der Waals surface area contributed by atoms with Gasteiger partial charge in [-0.3, -0.25) is 0 Å². The van der Waals surface area contributed by atoms with Crippen LogP contribution in [0.2, 0.25) is 0 Å². The van der Waals surface area contributed by atoms with Gasteiger partial charge in [-0.2, -0.15) is 4.90 Å². The Morgan fingerprint density at radius 1 is 1.38 bits per heavy atom. The topological polar surface area (TPSA) is 69.4 Å². The first kappa shape index (κ1) is 9.38. The third-order valence-corrected chi connectivity index (χ3v) is 1.74. The summed E-state index contributed by atoms with van der Waals surface area (Å²) in [6.45, 7) is 3.20. The van der Waals surface area contributed by atoms with Crippen molar-refractivity contribution in [1.29, 1.82) is 0 Å². The van der Waals surface area contributed by atoms with Crippen LogP contribution in [-0.2, 0) is 0 Å². The van der Waals surface area contributed by atoms with Crippen LogP contribution in [0.25, 0.3) is 0 Å². The van der Waals surface area contributed by atoms with Gasteiger partial charge in [0.1, 0.15) is 5.76 Å². The Kier molecular flexibility index (Phi) is 2.41. The van der Waals surface area contributed by atoms with Crippen LogP contribution in [0.1, 0.15) is 13.8 Å². The lowest BCUT2D eigenvalue weighted by molar-refractivity contribution is -0.377. The summed E-state index contributed by atoms with van der Waals surface area (Å²) in [5, 5.41) is 30.3. The van der Waals surface area contributed by atoms with Crippen LogP contribution in [0.3, 0.4) is 0 Å². The van der Waals surface area contributed by atoms with E-state index in [0.717, 1.165) is 5.57 Å². The zero-order chi connectivity index (χ0) is 10.0. The van der Waals surface area contributed by atoms with Crippen molar-refractivity contribution in [3.05, 3.63) is 45.5 Å². The van der Waals surface area contributed by atoms with E-state index >= 15 is 0 Å². The predicted octanol–water partition coefficient (Wildman–Crippen LogP) is 1.78. The van der Waals surface area contributed by atoms with E-state index in [4.69, 9.17) is 5.11 Å². The Morgan fingerprint density at radius 3 is 2.46 bits per heavy atom. The van der Waals surface area contributed by atoms with E-state index in [-0.39, 0.29) is 17.0 Å². The van der Waals surface area contributed by atoms with Gasteiger partial charge in [-0.05, 0) is 25.5 Å². The van der Waals surface area contributed by atoms with Gasteiger partial charge in [0.05, 0.1) is 5.57 Å². The van der Waals surface area contributed by atoms with Crippen molar-refractivity contribution in [2.24, 2.45) is 0 Å². The molecule has 1 N–H and O–H groups in total. The molecule has 0 unspecified atom stereocenters. The van der Waals surface area contributed by atoms with Gasteiger partial charge in [-0.1, -0.05) is 6.08 Å². The van der Waals surface area contributed by atoms with Crippen molar-refractivity contribution in [2.45, 2.75) is 13.8 Å². The van der Waals surface area contributed by atoms with Gasteiger partial charge in [0.15, 0.2) is 0 Å². The number of aliphatic hydroxyl groups excluding tert-OH is 1. The van der Waals surface area contributed by atoms with Crippen molar-refractivity contribution in [1.82, 2.24) is 0 Å². The molecule has 0 bridgehead atoms. The van der Waals surface area contributed by atoms with Gasteiger partial charge in [0.25, 0.3) is 0 Å². The molecule has 0 radical (unpaired) electrons. The average Bonchev–Trinajstić information content (AvgIpc) is 2.03. The summed E-state index contributed by atoms with van der Waals surface area (Å²) in [4.78, 5) is -0.498. The van der Waals surface area contributed by atoms with E-state index in [0.29, 0.717) is 0 Å². The van der Waals surface area contributed by atoms with Crippen LogP contribution in [0, 0.1) is 10.4 Å². The lowest BCUT2D eigenvalue weighted by atomic mass is 10.0. The average molecular weight is 180 g/mol. The summed E-state index contributed by atoms with van der Waals surface area (Å²) >= 11 is 0. The molecule has 0 amide bonds. The number of hydrogen-bond acceptors (Lipinski definition) is 3. The smallest absolute Gasteiger partial charge is 0.233 e. The highest BCUT2D eigenvalue weighted by atomic mass is 16.8. The maximum atomic E-state index is 10.6. The van der Waals surface area contributed by atoms with E-state index in [2.05, 4.69) is 0 Å². The van der Waals surface area contributed by atoms with Crippen LogP contribution in [0.15, 0.2) is 35.1 Å². The molecule has 4 heteroatoms. The normalized spacial score (nSPS) is 19.8. The molecule has 0 fully saturated rings. The molecule has 1 rings (SSSR count). The molecular formula is C9H10NO3-. The predicted molar refractivity (Wildman–Crippen MR) is 50.2 cm³/mol. The van der Waals surface area contributed by atoms with E-state index < -0.39 is 4.90 Å². The Hall–Kier alpha value is -1.71. The standard InChI is InChI=1S/C9H10NO3/c1-6-3-4-8(7(2)11)9(5-6)10(12)13/h3-5H,1-2H3,(H-,11,12,13)/q-1. The Bertz CT molecular complexity index is 340. The van der Waals surface area contributed by atoms with Crippen molar-refractivity contribution in [2.75, 3.05) is 0 Å². The van der Waals surface area contributed by atoms with Gasteiger partial charge >= 0.3 is 0 Å². The van der Waals surface area contributed by atoms with E-state index in [1.807, 2.05) is 0 Å². The second-order valence-electron chi connectivity index (χ2n) is 2.86. The van der Waals surface area contributed by atoms with E-state index in [1.165, 1.54) is 13.0 Å². The molecule has 0 spiro atoms. The zero-order valence-corrected chi connectivity index (χ0v) is 7.44. The molecule has 0 aliphatic heterocycles. The first-order valence-corrected chi connectivity index (χ1v) is 3.80. The lowest BCUT2D eigenvalue weighted by Crippen LogP contribution is -2.14. The minimum Gasteiger partial charge on any atom is -0.612 e. The SMILES string of the molecule is CC1=CC(=[N+]([O-])[O-])C(=C(C)O)C=C1. The van der Waals surface area contributed by atoms with Crippen LogP contribution in [-0.4, -0.2) is 15.7 Å². The summed E-state index contributed by atoms with van der Waals surface area (Å²) in [5.74, 6) is -0.0355. The summed E-state index contributed by atoms with van der Waals surface area (Å²) in [6.07, 6.45) is 4.71. The molecule has 0 heterocycles. The molecule has 0 aromatic rings. The second-order valence-corrected chi connectivity index (χ2v) is 2.86. The third kappa shape index (κ3) is 1.90.